The number of hydrogen-bond acceptors (Lipinski definition) is 30. The Kier molecular flexibility index (Phi) is 22.4. The van der Waals surface area contributed by atoms with E-state index in [1.165, 1.54) is 13.8 Å². The summed E-state index contributed by atoms with van der Waals surface area (Å²) in [5.41, 5.74) is 0. The number of aliphatic hydroxyl groups is 16. The van der Waals surface area contributed by atoms with Gasteiger partial charge in [-0.15, -0.1) is 0 Å². The highest BCUT2D eigenvalue weighted by Gasteiger charge is 2.58. The smallest absolute Gasteiger partial charge is 0.217 e. The molecule has 6 aliphatic heterocycles. The van der Waals surface area contributed by atoms with Crippen LogP contribution in [0.15, 0.2) is 0 Å². The Labute approximate surface area is 432 Å². The number of aliphatic hydroxyl groups excluding tert-OH is 16. The lowest BCUT2D eigenvalue weighted by molar-refractivity contribution is -0.394. The maximum atomic E-state index is 12.7. The minimum absolute atomic E-state index is 0.563. The molecule has 0 bridgehead atoms. The first-order valence-corrected chi connectivity index (χ1v) is 24.4. The number of ether oxygens (including phenoxy) is 11. The molecule has 440 valence electrons. The van der Waals surface area contributed by atoms with Crippen molar-refractivity contribution >= 4 is 17.7 Å². The van der Waals surface area contributed by atoms with E-state index in [1.54, 1.807) is 0 Å². The van der Waals surface area contributed by atoms with Crippen LogP contribution in [0.1, 0.15) is 27.7 Å². The van der Waals surface area contributed by atoms with Crippen LogP contribution < -0.4 is 16.0 Å². The minimum Gasteiger partial charge on any atom is -0.394 e. The van der Waals surface area contributed by atoms with Gasteiger partial charge in [-0.1, -0.05) is 0 Å². The summed E-state index contributed by atoms with van der Waals surface area (Å²) in [4.78, 5) is 36.9. The summed E-state index contributed by atoms with van der Waals surface area (Å²) in [6, 6.07) is -4.47. The van der Waals surface area contributed by atoms with Gasteiger partial charge in [0.1, 0.15) is 140 Å². The maximum absolute atomic E-state index is 12.7. The van der Waals surface area contributed by atoms with Crippen molar-refractivity contribution in [3.8, 4) is 0 Å². The molecule has 0 aliphatic carbocycles. The lowest BCUT2D eigenvalue weighted by atomic mass is 9.92. The quantitative estimate of drug-likeness (QED) is 0.0571. The average Bonchev–Trinajstić information content (AvgIpc) is 3.37. The van der Waals surface area contributed by atoms with Crippen LogP contribution in [0.2, 0.25) is 0 Å². The zero-order valence-electron chi connectivity index (χ0n) is 41.4. The van der Waals surface area contributed by atoms with E-state index in [1.807, 2.05) is 0 Å². The number of carbonyl (C=O) groups excluding carboxylic acids is 3. The first kappa shape index (κ1) is 62.5. The van der Waals surface area contributed by atoms with Gasteiger partial charge in [0.15, 0.2) is 31.5 Å². The highest BCUT2D eigenvalue weighted by Crippen LogP contribution is 2.37. The molecule has 33 nitrogen and oxygen atoms in total. The summed E-state index contributed by atoms with van der Waals surface area (Å²) in [6.07, 6.45) is -49.9. The van der Waals surface area contributed by atoms with Crippen LogP contribution in [0.5, 0.6) is 0 Å². The predicted molar refractivity (Wildman–Crippen MR) is 237 cm³/mol. The van der Waals surface area contributed by atoms with E-state index in [0.717, 1.165) is 13.8 Å². The fraction of sp³-hybridized carbons (Fsp3) is 0.930. The third-order valence-electron chi connectivity index (χ3n) is 13.9. The maximum Gasteiger partial charge on any atom is 0.217 e. The molecule has 19 N–H and O–H groups in total. The standard InChI is InChI=1S/C43H73N3O30/c1-11-21(44-12(2)52)29(60)35(18(8-50)67-11)73-40-23(46-14(4)54)30(61)36(19(9-51)71-40)74-42-34(65)37(27(58)20(72-42)10-66-41-33(64)31(62)25(56)16(6-48)69-41)75-43-38(32(63)26(57)17(7-49)70-43)76-39-22(45-13(3)53)28(59)24(55)15(5-47)68-39/h11,15-43,47-51,55-65H,5-10H2,1-4H3,(H,44,52)(H,45,53)(H,46,54)/t11-,15?,16?,17?,18?,19?,20?,21+,22?,23-,24+,25+,26+,27+,28+,29?,30?,31-,32?,33?,34+,35+,36+,37?,38?,39-,40-,41-,42-,43+/m0/s1. The Morgan fingerprint density at radius 3 is 1.26 bits per heavy atom. The molecule has 13 unspecified atom stereocenters. The highest BCUT2D eigenvalue weighted by molar-refractivity contribution is 5.74. The number of hydrogen-bond donors (Lipinski definition) is 19. The van der Waals surface area contributed by atoms with E-state index in [2.05, 4.69) is 16.0 Å². The minimum atomic E-state index is -2.32. The molecule has 0 spiro atoms. The zero-order valence-corrected chi connectivity index (χ0v) is 41.4. The Morgan fingerprint density at radius 1 is 0.355 bits per heavy atom. The molecule has 0 aromatic carbocycles. The second-order valence-electron chi connectivity index (χ2n) is 19.3. The molecule has 3 amide bonds. The van der Waals surface area contributed by atoms with Crippen molar-refractivity contribution in [2.75, 3.05) is 39.6 Å². The molecule has 0 radical (unpaired) electrons. The Bertz CT molecular complexity index is 1870. The van der Waals surface area contributed by atoms with Crippen molar-refractivity contribution in [2.24, 2.45) is 0 Å². The first-order valence-electron chi connectivity index (χ1n) is 24.4. The lowest BCUT2D eigenvalue weighted by Crippen LogP contribution is -2.70. The molecule has 0 aromatic heterocycles. The van der Waals surface area contributed by atoms with Gasteiger partial charge in [-0.25, -0.2) is 0 Å². The van der Waals surface area contributed by atoms with E-state index in [4.69, 9.17) is 52.1 Å². The molecule has 6 fully saturated rings. The van der Waals surface area contributed by atoms with Gasteiger partial charge in [-0.05, 0) is 6.92 Å². The van der Waals surface area contributed by atoms with Crippen molar-refractivity contribution in [3.63, 3.8) is 0 Å². The largest absolute Gasteiger partial charge is 0.394 e. The summed E-state index contributed by atoms with van der Waals surface area (Å²) in [7, 11) is 0. The Morgan fingerprint density at radius 2 is 0.737 bits per heavy atom. The fourth-order valence-corrected chi connectivity index (χ4v) is 9.86. The lowest BCUT2D eigenvalue weighted by Gasteiger charge is -2.51. The molecular weight excluding hydrogens is 1040 g/mol. The van der Waals surface area contributed by atoms with Crippen LogP contribution in [-0.4, -0.2) is 323 Å². The van der Waals surface area contributed by atoms with E-state index in [0.29, 0.717) is 0 Å². The normalized spacial score (nSPS) is 48.2. The van der Waals surface area contributed by atoms with Crippen molar-refractivity contribution in [3.05, 3.63) is 0 Å². The summed E-state index contributed by atoms with van der Waals surface area (Å²) >= 11 is 0. The summed E-state index contributed by atoms with van der Waals surface area (Å²) < 4.78 is 64.4. The molecular formula is C43H73N3O30. The number of amides is 3. The number of carbonyl (C=O) groups is 3. The Balaban J connectivity index is 1.33. The molecule has 0 aromatic rings. The molecule has 33 heteroatoms. The monoisotopic (exact) mass is 1110 g/mol. The summed E-state index contributed by atoms with van der Waals surface area (Å²) in [5, 5.41) is 181. The summed E-state index contributed by atoms with van der Waals surface area (Å²) in [6.45, 7) is -0.761. The van der Waals surface area contributed by atoms with Crippen LogP contribution >= 0.6 is 0 Å². The third kappa shape index (κ3) is 13.7. The molecule has 0 saturated carbocycles. The second-order valence-corrected chi connectivity index (χ2v) is 19.3. The van der Waals surface area contributed by atoms with Gasteiger partial charge >= 0.3 is 0 Å². The number of nitrogens with one attached hydrogen (secondary N) is 3. The van der Waals surface area contributed by atoms with Crippen LogP contribution in [0.3, 0.4) is 0 Å². The van der Waals surface area contributed by atoms with Crippen molar-refractivity contribution in [1.82, 2.24) is 16.0 Å². The van der Waals surface area contributed by atoms with Crippen LogP contribution in [0.25, 0.3) is 0 Å². The summed E-state index contributed by atoms with van der Waals surface area (Å²) in [5.74, 6) is -2.16. The van der Waals surface area contributed by atoms with Gasteiger partial charge in [-0.2, -0.15) is 0 Å². The van der Waals surface area contributed by atoms with Crippen LogP contribution in [0.4, 0.5) is 0 Å². The van der Waals surface area contributed by atoms with E-state index in [9.17, 15) is 96.1 Å². The fourth-order valence-electron chi connectivity index (χ4n) is 9.86. The zero-order chi connectivity index (χ0) is 56.2. The first-order chi connectivity index (χ1) is 35.9. The predicted octanol–water partition coefficient (Wildman–Crippen LogP) is -12.6. The van der Waals surface area contributed by atoms with Crippen molar-refractivity contribution < 1.29 is 148 Å². The Hall–Kier alpha value is -2.67. The molecule has 6 aliphatic rings. The SMILES string of the molecule is CC(=O)NC1[C@H](OC2C(O)[C@H](O)C(CO)O[C@@H]2OC2[C@H](O)C(CO[C@H]3OC(CO)[C@@H](O)[C@H](O)C3O)O[C@@H](O[C@@H]3C(CO)O[C@@H](O[C@@H]4C(CO)O[C@@H](C)[C@@H](NC(C)=O)C4O)[C@@H](NC(C)=O)C3O)[C@@H]2O)OC(CO)[C@@H](O)[C@@H]1O. The molecule has 76 heavy (non-hydrogen) atoms. The third-order valence-corrected chi connectivity index (χ3v) is 13.9. The van der Waals surface area contributed by atoms with Gasteiger partial charge in [-0.3, -0.25) is 14.4 Å². The van der Waals surface area contributed by atoms with E-state index >= 15 is 0 Å². The van der Waals surface area contributed by atoms with Gasteiger partial charge in [0.2, 0.25) is 17.7 Å². The van der Waals surface area contributed by atoms with Gasteiger partial charge in [0, 0.05) is 20.8 Å². The number of rotatable bonds is 19. The van der Waals surface area contributed by atoms with Crippen LogP contribution in [0, 0.1) is 0 Å². The van der Waals surface area contributed by atoms with E-state index < -0.39 is 241 Å². The van der Waals surface area contributed by atoms with Gasteiger partial charge < -0.3 is 150 Å². The van der Waals surface area contributed by atoms with Gasteiger partial charge in [0.05, 0.1) is 51.8 Å². The molecule has 6 rings (SSSR count). The highest BCUT2D eigenvalue weighted by atomic mass is 16.8. The van der Waals surface area contributed by atoms with Crippen LogP contribution in [-0.2, 0) is 66.5 Å². The molecule has 30 atom stereocenters. The average molecular weight is 1110 g/mol. The topological polar surface area (TPSA) is 513 Å². The van der Waals surface area contributed by atoms with Crippen molar-refractivity contribution in [1.29, 1.82) is 0 Å². The van der Waals surface area contributed by atoms with Gasteiger partial charge in [0.25, 0.3) is 0 Å². The second kappa shape index (κ2) is 27.2. The van der Waals surface area contributed by atoms with Crippen molar-refractivity contribution in [2.45, 2.75) is 212 Å². The molecule has 6 saturated heterocycles. The molecule has 6 heterocycles. The van der Waals surface area contributed by atoms with E-state index in [-0.39, 0.29) is 0 Å².